The number of aromatic nitrogens is 2. The molecule has 1 aromatic heterocycles. The Bertz CT molecular complexity index is 428. The van der Waals surface area contributed by atoms with Gasteiger partial charge in [-0.3, -0.25) is 4.90 Å². The van der Waals surface area contributed by atoms with Crippen LogP contribution in [0.25, 0.3) is 0 Å². The van der Waals surface area contributed by atoms with E-state index in [1.807, 2.05) is 0 Å². The zero-order chi connectivity index (χ0) is 12.8. The summed E-state index contributed by atoms with van der Waals surface area (Å²) >= 11 is 0. The first-order chi connectivity index (χ1) is 8.61. The minimum atomic E-state index is 0.207. The maximum Gasteiger partial charge on any atom is 0.243 e. The summed E-state index contributed by atoms with van der Waals surface area (Å²) in [4.78, 5) is 6.94. The molecule has 0 spiro atoms. The molecule has 5 nitrogen and oxygen atoms in total. The quantitative estimate of drug-likeness (QED) is 0.880. The van der Waals surface area contributed by atoms with Gasteiger partial charge in [0, 0.05) is 12.5 Å². The highest BCUT2D eigenvalue weighted by Crippen LogP contribution is 2.39. The normalized spacial score (nSPS) is 30.8. The molecule has 18 heavy (non-hydrogen) atoms. The highest BCUT2D eigenvalue weighted by Gasteiger charge is 2.37. The van der Waals surface area contributed by atoms with Crippen LogP contribution < -0.4 is 5.73 Å². The van der Waals surface area contributed by atoms with Gasteiger partial charge in [0.25, 0.3) is 0 Å². The molecule has 3 rings (SSSR count). The van der Waals surface area contributed by atoms with E-state index in [2.05, 4.69) is 28.9 Å². The molecule has 2 atom stereocenters. The minimum absolute atomic E-state index is 0.207. The molecule has 0 aromatic carbocycles. The predicted molar refractivity (Wildman–Crippen MR) is 68.0 cm³/mol. The smallest absolute Gasteiger partial charge is 0.243 e. The van der Waals surface area contributed by atoms with Crippen LogP contribution in [-0.2, 0) is 0 Å². The van der Waals surface area contributed by atoms with Crippen molar-refractivity contribution < 1.29 is 4.52 Å². The average molecular weight is 250 g/mol. The van der Waals surface area contributed by atoms with Crippen molar-refractivity contribution in [1.82, 2.24) is 15.0 Å². The van der Waals surface area contributed by atoms with Crippen molar-refractivity contribution in [2.24, 2.45) is 11.1 Å². The molecule has 2 aliphatic rings. The summed E-state index contributed by atoms with van der Waals surface area (Å²) < 4.78 is 5.41. The first kappa shape index (κ1) is 12.1. The van der Waals surface area contributed by atoms with Crippen LogP contribution in [0.5, 0.6) is 0 Å². The summed E-state index contributed by atoms with van der Waals surface area (Å²) in [5, 5.41) is 4.09. The van der Waals surface area contributed by atoms with Crippen LogP contribution in [0.4, 0.5) is 0 Å². The highest BCUT2D eigenvalue weighted by atomic mass is 16.5. The molecule has 5 heteroatoms. The zero-order valence-corrected chi connectivity index (χ0v) is 11.2. The number of likely N-dealkylation sites (tertiary alicyclic amines) is 1. The summed E-state index contributed by atoms with van der Waals surface area (Å²) in [6, 6.07) is 0.207. The van der Waals surface area contributed by atoms with Crippen molar-refractivity contribution in [3.8, 4) is 0 Å². The van der Waals surface area contributed by atoms with E-state index >= 15 is 0 Å². The Kier molecular flexibility index (Phi) is 2.90. The van der Waals surface area contributed by atoms with Gasteiger partial charge >= 0.3 is 0 Å². The fourth-order valence-corrected chi connectivity index (χ4v) is 2.64. The molecule has 1 aliphatic carbocycles. The lowest BCUT2D eigenvalue weighted by molar-refractivity contribution is 0.188. The number of rotatable bonds is 4. The Hall–Kier alpha value is -0.940. The van der Waals surface area contributed by atoms with E-state index in [-0.39, 0.29) is 11.5 Å². The number of hydrogen-bond acceptors (Lipinski definition) is 5. The van der Waals surface area contributed by atoms with E-state index in [1.165, 1.54) is 12.8 Å². The second-order valence-electron chi connectivity index (χ2n) is 6.18. The molecule has 1 saturated heterocycles. The first-order valence-electron chi connectivity index (χ1n) is 6.89. The average Bonchev–Trinajstić information content (AvgIpc) is 2.97. The van der Waals surface area contributed by atoms with Crippen LogP contribution in [0.3, 0.4) is 0 Å². The summed E-state index contributed by atoms with van der Waals surface area (Å²) in [7, 11) is 0. The van der Waals surface area contributed by atoms with Crippen LogP contribution >= 0.6 is 0 Å². The number of hydrogen-bond donors (Lipinski definition) is 1. The van der Waals surface area contributed by atoms with Gasteiger partial charge in [0.1, 0.15) is 0 Å². The van der Waals surface area contributed by atoms with Gasteiger partial charge in [-0.1, -0.05) is 12.1 Å². The van der Waals surface area contributed by atoms with E-state index < -0.39 is 0 Å². The number of nitrogens with two attached hydrogens (primary N) is 1. The largest absolute Gasteiger partial charge is 0.338 e. The minimum Gasteiger partial charge on any atom is -0.338 e. The van der Waals surface area contributed by atoms with Gasteiger partial charge in [0.15, 0.2) is 5.82 Å². The summed E-state index contributed by atoms with van der Waals surface area (Å²) in [6.07, 6.45) is 3.57. The van der Waals surface area contributed by atoms with Crippen LogP contribution in [0.15, 0.2) is 4.52 Å². The third kappa shape index (κ3) is 2.17. The zero-order valence-electron chi connectivity index (χ0n) is 11.2. The molecule has 0 amide bonds. The monoisotopic (exact) mass is 250 g/mol. The molecule has 100 valence electrons. The van der Waals surface area contributed by atoms with Crippen LogP contribution in [-0.4, -0.2) is 34.7 Å². The van der Waals surface area contributed by atoms with Crippen molar-refractivity contribution >= 4 is 0 Å². The fraction of sp³-hybridized carbons (Fsp3) is 0.846. The lowest BCUT2D eigenvalue weighted by Crippen LogP contribution is -2.32. The molecule has 1 aliphatic heterocycles. The van der Waals surface area contributed by atoms with Crippen molar-refractivity contribution in [1.29, 1.82) is 0 Å². The van der Waals surface area contributed by atoms with E-state index in [9.17, 15) is 0 Å². The van der Waals surface area contributed by atoms with E-state index in [1.54, 1.807) is 0 Å². The van der Waals surface area contributed by atoms with Gasteiger partial charge in [-0.05, 0) is 44.7 Å². The lowest BCUT2D eigenvalue weighted by Gasteiger charge is -2.25. The maximum absolute atomic E-state index is 5.84. The van der Waals surface area contributed by atoms with Gasteiger partial charge in [0.2, 0.25) is 5.89 Å². The molecule has 0 bridgehead atoms. The Morgan fingerprint density at radius 3 is 2.94 bits per heavy atom. The highest BCUT2D eigenvalue weighted by molar-refractivity contribution is 5.05. The Morgan fingerprint density at radius 2 is 2.33 bits per heavy atom. The van der Waals surface area contributed by atoms with E-state index in [0.29, 0.717) is 5.92 Å². The van der Waals surface area contributed by atoms with E-state index in [0.717, 1.165) is 37.8 Å². The second kappa shape index (κ2) is 4.31. The van der Waals surface area contributed by atoms with Gasteiger partial charge in [0.05, 0.1) is 6.04 Å². The van der Waals surface area contributed by atoms with Crippen LogP contribution in [0.1, 0.15) is 56.8 Å². The molecular formula is C13H22N4O. The number of nitrogens with zero attached hydrogens (tertiary/aromatic N) is 3. The Morgan fingerprint density at radius 1 is 1.56 bits per heavy atom. The van der Waals surface area contributed by atoms with Crippen molar-refractivity contribution in [2.45, 2.75) is 45.1 Å². The molecular weight excluding hydrogens is 228 g/mol. The van der Waals surface area contributed by atoms with Crippen molar-refractivity contribution in [2.75, 3.05) is 19.6 Å². The Labute approximate surface area is 108 Å². The standard InChI is InChI=1S/C13H22N4O/c1-9(17-6-5-13(2,7-14)8-17)12-15-11(16-18-12)10-3-4-10/h9-10H,3-8,14H2,1-2H3. The summed E-state index contributed by atoms with van der Waals surface area (Å²) in [5.74, 6) is 2.22. The summed E-state index contributed by atoms with van der Waals surface area (Å²) in [6.45, 7) is 7.23. The van der Waals surface area contributed by atoms with Gasteiger partial charge in [-0.25, -0.2) is 0 Å². The van der Waals surface area contributed by atoms with Gasteiger partial charge in [-0.2, -0.15) is 4.98 Å². The van der Waals surface area contributed by atoms with Gasteiger partial charge in [-0.15, -0.1) is 0 Å². The summed E-state index contributed by atoms with van der Waals surface area (Å²) in [5.41, 5.74) is 6.09. The molecule has 2 unspecified atom stereocenters. The second-order valence-corrected chi connectivity index (χ2v) is 6.18. The fourth-order valence-electron chi connectivity index (χ4n) is 2.64. The van der Waals surface area contributed by atoms with Gasteiger partial charge < -0.3 is 10.3 Å². The third-order valence-corrected chi connectivity index (χ3v) is 4.39. The lowest BCUT2D eigenvalue weighted by atomic mass is 9.90. The third-order valence-electron chi connectivity index (χ3n) is 4.39. The molecule has 1 aromatic rings. The maximum atomic E-state index is 5.84. The SMILES string of the molecule is CC(c1nc(C2CC2)no1)N1CCC(C)(CN)C1. The first-order valence-corrected chi connectivity index (χ1v) is 6.89. The molecule has 1 saturated carbocycles. The molecule has 2 fully saturated rings. The molecule has 0 radical (unpaired) electrons. The van der Waals surface area contributed by atoms with Crippen LogP contribution in [0, 0.1) is 5.41 Å². The van der Waals surface area contributed by atoms with Crippen LogP contribution in [0.2, 0.25) is 0 Å². The van der Waals surface area contributed by atoms with Crippen molar-refractivity contribution in [3.63, 3.8) is 0 Å². The topological polar surface area (TPSA) is 68.2 Å². The Balaban J connectivity index is 1.68. The predicted octanol–water partition coefficient (Wildman–Crippen LogP) is 1.68. The molecule has 2 heterocycles. The van der Waals surface area contributed by atoms with E-state index in [4.69, 9.17) is 10.3 Å². The van der Waals surface area contributed by atoms with Crippen molar-refractivity contribution in [3.05, 3.63) is 11.7 Å². The molecule has 2 N–H and O–H groups in total.